The highest BCUT2D eigenvalue weighted by Gasteiger charge is 2.29. The Bertz CT molecular complexity index is 662. The summed E-state index contributed by atoms with van der Waals surface area (Å²) in [4.78, 5) is 7.48. The van der Waals surface area contributed by atoms with Gasteiger partial charge in [0, 0.05) is 18.1 Å². The summed E-state index contributed by atoms with van der Waals surface area (Å²) in [7, 11) is -7.08. The summed E-state index contributed by atoms with van der Waals surface area (Å²) in [5, 5.41) is -0.560. The lowest BCUT2D eigenvalue weighted by atomic mass is 9.96. The van der Waals surface area contributed by atoms with Crippen molar-refractivity contribution in [2.45, 2.75) is 23.0 Å². The molecule has 1 heterocycles. The first kappa shape index (κ1) is 11.5. The molecule has 0 saturated heterocycles. The number of hydrogen-bond donors (Lipinski definition) is 0. The van der Waals surface area contributed by atoms with Gasteiger partial charge in [-0.15, -0.1) is 0 Å². The fraction of sp³-hybridized carbons (Fsp3) is 0.500. The molecule has 1 aromatic rings. The fourth-order valence-electron chi connectivity index (χ4n) is 1.48. The van der Waals surface area contributed by atoms with Gasteiger partial charge < -0.3 is 0 Å². The van der Waals surface area contributed by atoms with Crippen LogP contribution in [0.4, 0.5) is 0 Å². The SMILES string of the molecule is CS(=O)(=O)c1nc2c(c(S(C)(=O)=O)n1)CC2. The van der Waals surface area contributed by atoms with Gasteiger partial charge in [-0.1, -0.05) is 0 Å². The Kier molecular flexibility index (Phi) is 2.32. The maximum Gasteiger partial charge on any atom is 0.248 e. The topological polar surface area (TPSA) is 94.1 Å². The van der Waals surface area contributed by atoms with Gasteiger partial charge in [-0.2, -0.15) is 0 Å². The van der Waals surface area contributed by atoms with E-state index in [1.165, 1.54) is 0 Å². The van der Waals surface area contributed by atoms with Crippen LogP contribution in [0.1, 0.15) is 11.3 Å². The van der Waals surface area contributed by atoms with E-state index < -0.39 is 24.8 Å². The second kappa shape index (κ2) is 3.24. The molecule has 0 spiro atoms. The first-order chi connectivity index (χ1) is 7.19. The first-order valence-corrected chi connectivity index (χ1v) is 8.28. The molecule has 1 aliphatic rings. The molecule has 0 unspecified atom stereocenters. The van der Waals surface area contributed by atoms with E-state index in [1.807, 2.05) is 0 Å². The molecule has 0 amide bonds. The molecule has 6 nitrogen and oxygen atoms in total. The van der Waals surface area contributed by atoms with Gasteiger partial charge in [-0.25, -0.2) is 26.8 Å². The van der Waals surface area contributed by atoms with Crippen molar-refractivity contribution >= 4 is 19.7 Å². The van der Waals surface area contributed by atoms with Gasteiger partial charge >= 0.3 is 0 Å². The minimum atomic E-state index is -3.58. The monoisotopic (exact) mass is 262 g/mol. The van der Waals surface area contributed by atoms with Crippen LogP contribution in [0, 0.1) is 0 Å². The quantitative estimate of drug-likeness (QED) is 0.521. The first-order valence-electron chi connectivity index (χ1n) is 4.49. The summed E-state index contributed by atoms with van der Waals surface area (Å²) in [5.74, 6) is 0. The number of fused-ring (bicyclic) bond motifs is 1. The Balaban J connectivity index is 2.77. The summed E-state index contributed by atoms with van der Waals surface area (Å²) in [6, 6.07) is 0. The van der Waals surface area contributed by atoms with Crippen LogP contribution in [0.15, 0.2) is 10.2 Å². The summed E-state index contributed by atoms with van der Waals surface area (Å²) in [5.41, 5.74) is 1.07. The highest BCUT2D eigenvalue weighted by Crippen LogP contribution is 2.27. The van der Waals surface area contributed by atoms with Gasteiger partial charge in [-0.3, -0.25) is 0 Å². The van der Waals surface area contributed by atoms with Crippen LogP contribution in [-0.2, 0) is 32.5 Å². The van der Waals surface area contributed by atoms with E-state index in [1.54, 1.807) is 0 Å². The van der Waals surface area contributed by atoms with E-state index in [0.29, 0.717) is 24.1 Å². The Morgan fingerprint density at radius 1 is 0.938 bits per heavy atom. The van der Waals surface area contributed by atoms with Crippen molar-refractivity contribution in [1.82, 2.24) is 9.97 Å². The summed E-state index contributed by atoms with van der Waals surface area (Å²) < 4.78 is 45.4. The Hall–Kier alpha value is -1.02. The van der Waals surface area contributed by atoms with Crippen LogP contribution in [0.5, 0.6) is 0 Å². The maximum atomic E-state index is 11.4. The summed E-state index contributed by atoms with van der Waals surface area (Å²) in [6.07, 6.45) is 3.16. The number of aromatic nitrogens is 2. The second-order valence-electron chi connectivity index (χ2n) is 3.78. The third-order valence-electron chi connectivity index (χ3n) is 2.33. The third-order valence-corrected chi connectivity index (χ3v) is 4.21. The Labute approximate surface area is 93.6 Å². The molecular formula is C8H10N2O4S2. The van der Waals surface area contributed by atoms with Gasteiger partial charge in [0.1, 0.15) is 0 Å². The molecule has 88 valence electrons. The fourth-order valence-corrected chi connectivity index (χ4v) is 2.99. The van der Waals surface area contributed by atoms with Gasteiger partial charge in [0.2, 0.25) is 15.0 Å². The van der Waals surface area contributed by atoms with Crippen LogP contribution in [0.3, 0.4) is 0 Å². The largest absolute Gasteiger partial charge is 0.248 e. The lowest BCUT2D eigenvalue weighted by Gasteiger charge is -2.20. The van der Waals surface area contributed by atoms with Gasteiger partial charge in [0.05, 0.1) is 5.69 Å². The second-order valence-corrected chi connectivity index (χ2v) is 7.62. The molecule has 1 aromatic heterocycles. The Morgan fingerprint density at radius 3 is 1.94 bits per heavy atom. The van der Waals surface area contributed by atoms with Crippen LogP contribution < -0.4 is 0 Å². The summed E-state index contributed by atoms with van der Waals surface area (Å²) in [6.45, 7) is 0. The number of nitrogens with zero attached hydrogens (tertiary/aromatic N) is 2. The van der Waals surface area contributed by atoms with Crippen molar-refractivity contribution in [1.29, 1.82) is 0 Å². The summed E-state index contributed by atoms with van der Waals surface area (Å²) >= 11 is 0. The molecule has 0 fully saturated rings. The number of aryl methyl sites for hydroxylation is 1. The van der Waals surface area contributed by atoms with Gasteiger partial charge in [-0.05, 0) is 12.8 Å². The number of hydrogen-bond acceptors (Lipinski definition) is 6. The van der Waals surface area contributed by atoms with Crippen LogP contribution in [-0.4, -0.2) is 39.3 Å². The Morgan fingerprint density at radius 2 is 1.56 bits per heavy atom. The van der Waals surface area contributed by atoms with Crippen molar-refractivity contribution in [3.63, 3.8) is 0 Å². The highest BCUT2D eigenvalue weighted by atomic mass is 32.2. The van der Waals surface area contributed by atoms with Crippen molar-refractivity contribution in [3.8, 4) is 0 Å². The average Bonchev–Trinajstić information content (AvgIpc) is 2.02. The minimum Gasteiger partial charge on any atom is -0.223 e. The predicted octanol–water partition coefficient (Wildman–Crippen LogP) is -0.618. The minimum absolute atomic E-state index is 0.149. The highest BCUT2D eigenvalue weighted by molar-refractivity contribution is 7.91. The smallest absolute Gasteiger partial charge is 0.223 e. The molecular weight excluding hydrogens is 252 g/mol. The van der Waals surface area contributed by atoms with Crippen LogP contribution in [0.25, 0.3) is 0 Å². The number of rotatable bonds is 2. The molecule has 0 N–H and O–H groups in total. The van der Waals surface area contributed by atoms with Gasteiger partial charge in [0.15, 0.2) is 14.9 Å². The van der Waals surface area contributed by atoms with Crippen LogP contribution in [0.2, 0.25) is 0 Å². The molecule has 0 radical (unpaired) electrons. The van der Waals surface area contributed by atoms with Crippen molar-refractivity contribution < 1.29 is 16.8 Å². The molecule has 0 saturated carbocycles. The van der Waals surface area contributed by atoms with E-state index >= 15 is 0 Å². The molecule has 0 aromatic carbocycles. The molecule has 0 atom stereocenters. The van der Waals surface area contributed by atoms with Crippen molar-refractivity contribution in [3.05, 3.63) is 11.3 Å². The maximum absolute atomic E-state index is 11.4. The van der Waals surface area contributed by atoms with Crippen molar-refractivity contribution in [2.75, 3.05) is 12.5 Å². The normalized spacial score (nSPS) is 15.4. The van der Waals surface area contributed by atoms with E-state index in [2.05, 4.69) is 9.97 Å². The van der Waals surface area contributed by atoms with Crippen LogP contribution >= 0.6 is 0 Å². The molecule has 1 aliphatic carbocycles. The van der Waals surface area contributed by atoms with Crippen molar-refractivity contribution in [2.24, 2.45) is 0 Å². The third kappa shape index (κ3) is 1.82. The average molecular weight is 262 g/mol. The van der Waals surface area contributed by atoms with E-state index in [-0.39, 0.29) is 5.03 Å². The molecule has 0 bridgehead atoms. The van der Waals surface area contributed by atoms with E-state index in [4.69, 9.17) is 0 Å². The van der Waals surface area contributed by atoms with E-state index in [9.17, 15) is 16.8 Å². The lowest BCUT2D eigenvalue weighted by molar-refractivity contribution is 0.570. The molecule has 16 heavy (non-hydrogen) atoms. The molecule has 0 aliphatic heterocycles. The standard InChI is InChI=1S/C8H10N2O4S2/c1-15(11,12)7-5-3-4-6(5)9-8(10-7)16(2,13)14/h3-4H2,1-2H3. The predicted molar refractivity (Wildman–Crippen MR) is 55.7 cm³/mol. The molecule has 8 heteroatoms. The molecule has 2 rings (SSSR count). The zero-order valence-electron chi connectivity index (χ0n) is 8.76. The zero-order chi connectivity index (χ0) is 12.1. The van der Waals surface area contributed by atoms with E-state index in [0.717, 1.165) is 12.5 Å². The zero-order valence-corrected chi connectivity index (χ0v) is 10.4. The number of sulfone groups is 2. The van der Waals surface area contributed by atoms with Gasteiger partial charge in [0.25, 0.3) is 0 Å². The lowest BCUT2D eigenvalue weighted by Crippen LogP contribution is -2.22.